The Morgan fingerprint density at radius 2 is 1.70 bits per heavy atom. The Morgan fingerprint density at radius 3 is 2.33 bits per heavy atom. The van der Waals surface area contributed by atoms with Crippen molar-refractivity contribution in [1.82, 2.24) is 0 Å². The number of aliphatic hydroxyl groups is 1. The normalized spacial score (nSPS) is 25.4. The maximum Gasteiger partial charge on any atom is 0.343 e. The van der Waals surface area contributed by atoms with Crippen molar-refractivity contribution in [2.75, 3.05) is 11.5 Å². The maximum atomic E-state index is 13.9. The Morgan fingerprint density at radius 1 is 1.03 bits per heavy atom. The van der Waals surface area contributed by atoms with E-state index >= 15 is 0 Å². The minimum absolute atomic E-state index is 0.0304. The number of furan rings is 1. The van der Waals surface area contributed by atoms with Crippen LogP contribution in [0.15, 0.2) is 40.8 Å². The summed E-state index contributed by atoms with van der Waals surface area (Å²) in [5, 5.41) is 10.1. The summed E-state index contributed by atoms with van der Waals surface area (Å²) in [6.45, 7) is 4.25. The molecule has 0 bridgehead atoms. The summed E-state index contributed by atoms with van der Waals surface area (Å²) < 4.78 is 11.6. The fourth-order valence-electron chi connectivity index (χ4n) is 5.13. The van der Waals surface area contributed by atoms with Gasteiger partial charge < -0.3 is 14.3 Å². The van der Waals surface area contributed by atoms with Crippen LogP contribution < -0.4 is 4.90 Å². The predicted octanol–water partition coefficient (Wildman–Crippen LogP) is 5.59. The topological polar surface area (TPSA) is 80.0 Å². The van der Waals surface area contributed by atoms with E-state index < -0.39 is 5.97 Å². The van der Waals surface area contributed by atoms with E-state index in [4.69, 9.17) is 9.15 Å². The second-order valence-electron chi connectivity index (χ2n) is 9.54. The highest BCUT2D eigenvalue weighted by atomic mass is 16.5. The zero-order valence-corrected chi connectivity index (χ0v) is 19.7. The van der Waals surface area contributed by atoms with Gasteiger partial charge in [0.2, 0.25) is 11.8 Å². The third kappa shape index (κ3) is 5.32. The van der Waals surface area contributed by atoms with Crippen LogP contribution in [0.1, 0.15) is 75.6 Å². The van der Waals surface area contributed by atoms with Crippen LogP contribution in [-0.2, 0) is 9.53 Å². The quantitative estimate of drug-likeness (QED) is 0.577. The molecule has 1 heterocycles. The van der Waals surface area contributed by atoms with E-state index in [-0.39, 0.29) is 36.5 Å². The number of hydrogen-bond acceptors (Lipinski definition) is 5. The van der Waals surface area contributed by atoms with Crippen LogP contribution in [-0.4, -0.2) is 35.7 Å². The van der Waals surface area contributed by atoms with Crippen molar-refractivity contribution in [3.05, 3.63) is 42.0 Å². The molecule has 178 valence electrons. The fraction of sp³-hybridized carbons (Fsp3) is 0.556. The summed E-state index contributed by atoms with van der Waals surface area (Å²) in [6, 6.07) is 11.2. The molecule has 1 N–H and O–H groups in total. The van der Waals surface area contributed by atoms with Gasteiger partial charge in [0.15, 0.2) is 0 Å². The Kier molecular flexibility index (Phi) is 7.53. The number of amides is 1. The lowest BCUT2D eigenvalue weighted by Gasteiger charge is -2.37. The van der Waals surface area contributed by atoms with Crippen LogP contribution in [0.2, 0.25) is 0 Å². The van der Waals surface area contributed by atoms with Gasteiger partial charge in [-0.05, 0) is 64.2 Å². The van der Waals surface area contributed by atoms with Gasteiger partial charge in [0.1, 0.15) is 11.3 Å². The van der Waals surface area contributed by atoms with Crippen molar-refractivity contribution in [3.63, 3.8) is 0 Å². The zero-order chi connectivity index (χ0) is 23.4. The second-order valence-corrected chi connectivity index (χ2v) is 9.54. The molecule has 1 aromatic carbocycles. The number of hydrogen-bond donors (Lipinski definition) is 1. The van der Waals surface area contributed by atoms with E-state index in [0.29, 0.717) is 42.9 Å². The van der Waals surface area contributed by atoms with Crippen LogP contribution in [0, 0.1) is 11.8 Å². The number of rotatable bonds is 6. The van der Waals surface area contributed by atoms with Gasteiger partial charge in [-0.3, -0.25) is 9.69 Å². The van der Waals surface area contributed by atoms with Crippen LogP contribution in [0.4, 0.5) is 5.88 Å². The number of esters is 1. The summed E-state index contributed by atoms with van der Waals surface area (Å²) in [5.74, 6) is 0.938. The largest absolute Gasteiger partial charge is 0.462 e. The molecule has 2 aliphatic rings. The number of benzene rings is 1. The van der Waals surface area contributed by atoms with Crippen molar-refractivity contribution in [1.29, 1.82) is 0 Å². The Hall–Kier alpha value is -2.60. The van der Waals surface area contributed by atoms with E-state index in [1.807, 2.05) is 30.3 Å². The lowest BCUT2D eigenvalue weighted by molar-refractivity contribution is -0.124. The highest BCUT2D eigenvalue weighted by molar-refractivity contribution is 6.03. The van der Waals surface area contributed by atoms with Gasteiger partial charge in [0.25, 0.3) is 0 Å². The average molecular weight is 454 g/mol. The summed E-state index contributed by atoms with van der Waals surface area (Å²) in [5.41, 5.74) is 1.13. The summed E-state index contributed by atoms with van der Waals surface area (Å²) in [7, 11) is 0. The van der Waals surface area contributed by atoms with Gasteiger partial charge in [-0.25, -0.2) is 4.79 Å². The number of anilines is 1. The standard InChI is InChI=1S/C27H35NO5/c1-3-32-27(31)23-17-24(19-7-5-4-6-8-19)33-26(23)28(21-13-15-22(29)16-14-21)25(30)20-11-9-18(2)10-12-20/h4-8,17-18,20-22,29H,3,9-16H2,1-2H3. The lowest BCUT2D eigenvalue weighted by atomic mass is 9.81. The van der Waals surface area contributed by atoms with Gasteiger partial charge in [-0.15, -0.1) is 0 Å². The predicted molar refractivity (Wildman–Crippen MR) is 127 cm³/mol. The molecule has 33 heavy (non-hydrogen) atoms. The molecule has 6 heteroatoms. The van der Waals surface area contributed by atoms with Gasteiger partial charge in [-0.2, -0.15) is 0 Å². The van der Waals surface area contributed by atoms with Crippen LogP contribution >= 0.6 is 0 Å². The van der Waals surface area contributed by atoms with Gasteiger partial charge in [0.05, 0.1) is 12.7 Å². The highest BCUT2D eigenvalue weighted by Crippen LogP contribution is 2.39. The van der Waals surface area contributed by atoms with Crippen molar-refractivity contribution >= 4 is 17.8 Å². The molecule has 0 atom stereocenters. The third-order valence-electron chi connectivity index (χ3n) is 7.12. The minimum Gasteiger partial charge on any atom is -0.462 e. The molecule has 0 aliphatic heterocycles. The maximum absolute atomic E-state index is 13.9. The summed E-state index contributed by atoms with van der Waals surface area (Å²) in [6.07, 6.45) is 6.07. The van der Waals surface area contributed by atoms with Crippen LogP contribution in [0.5, 0.6) is 0 Å². The first-order chi connectivity index (χ1) is 16.0. The number of ether oxygens (including phenoxy) is 1. The molecule has 6 nitrogen and oxygen atoms in total. The first kappa shape index (κ1) is 23.6. The smallest absolute Gasteiger partial charge is 0.343 e. The highest BCUT2D eigenvalue weighted by Gasteiger charge is 2.38. The Balaban J connectivity index is 1.75. The van der Waals surface area contributed by atoms with Crippen molar-refractivity contribution in [3.8, 4) is 11.3 Å². The van der Waals surface area contributed by atoms with E-state index in [9.17, 15) is 14.7 Å². The fourth-order valence-corrected chi connectivity index (χ4v) is 5.13. The first-order valence-electron chi connectivity index (χ1n) is 12.4. The second kappa shape index (κ2) is 10.6. The monoisotopic (exact) mass is 453 g/mol. The van der Waals surface area contributed by atoms with Crippen LogP contribution in [0.25, 0.3) is 11.3 Å². The molecule has 0 saturated heterocycles. The molecule has 2 aliphatic carbocycles. The van der Waals surface area contributed by atoms with E-state index in [1.54, 1.807) is 17.9 Å². The van der Waals surface area contributed by atoms with Gasteiger partial charge in [-0.1, -0.05) is 37.3 Å². The van der Waals surface area contributed by atoms with Crippen LogP contribution in [0.3, 0.4) is 0 Å². The van der Waals surface area contributed by atoms with Crippen molar-refractivity contribution in [2.45, 2.75) is 77.4 Å². The van der Waals surface area contributed by atoms with Crippen molar-refractivity contribution < 1.29 is 23.8 Å². The Bertz CT molecular complexity index is 937. The number of aliphatic hydroxyl groups excluding tert-OH is 1. The van der Waals surface area contributed by atoms with Gasteiger partial charge in [0, 0.05) is 23.6 Å². The molecule has 1 amide bonds. The van der Waals surface area contributed by atoms with E-state index in [0.717, 1.165) is 31.2 Å². The van der Waals surface area contributed by atoms with E-state index in [2.05, 4.69) is 6.92 Å². The number of nitrogens with zero attached hydrogens (tertiary/aromatic N) is 1. The molecular formula is C27H35NO5. The minimum atomic E-state index is -0.482. The van der Waals surface area contributed by atoms with E-state index in [1.165, 1.54) is 0 Å². The number of carbonyl (C=O) groups is 2. The Labute approximate surface area is 195 Å². The van der Waals surface area contributed by atoms with Gasteiger partial charge >= 0.3 is 5.97 Å². The molecule has 4 rings (SSSR count). The summed E-state index contributed by atoms with van der Waals surface area (Å²) in [4.78, 5) is 28.6. The molecule has 2 aromatic rings. The first-order valence-corrected chi connectivity index (χ1v) is 12.4. The molecule has 2 saturated carbocycles. The molecule has 2 fully saturated rings. The zero-order valence-electron chi connectivity index (χ0n) is 19.7. The number of carbonyl (C=O) groups excluding carboxylic acids is 2. The molecule has 1 aromatic heterocycles. The summed E-state index contributed by atoms with van der Waals surface area (Å²) >= 11 is 0. The molecule has 0 radical (unpaired) electrons. The third-order valence-corrected chi connectivity index (χ3v) is 7.12. The molecule has 0 spiro atoms. The van der Waals surface area contributed by atoms with Crippen molar-refractivity contribution in [2.24, 2.45) is 11.8 Å². The molecule has 0 unspecified atom stereocenters. The lowest BCUT2D eigenvalue weighted by Crippen LogP contribution is -2.47. The molecular weight excluding hydrogens is 418 g/mol. The average Bonchev–Trinajstić information content (AvgIpc) is 3.27. The SMILES string of the molecule is CCOC(=O)c1cc(-c2ccccc2)oc1N(C(=O)C1CCC(C)CC1)C1CCC(O)CC1.